The van der Waals surface area contributed by atoms with E-state index < -0.39 is 10.0 Å². The predicted molar refractivity (Wildman–Crippen MR) is 74.4 cm³/mol. The Morgan fingerprint density at radius 1 is 1.56 bits per heavy atom. The normalized spacial score (nSPS) is 17.7. The maximum atomic E-state index is 11.8. The van der Waals surface area contributed by atoms with Gasteiger partial charge in [-0.25, -0.2) is 13.4 Å². The van der Waals surface area contributed by atoms with Crippen molar-refractivity contribution >= 4 is 26.5 Å². The number of aromatic nitrogens is 1. The Morgan fingerprint density at radius 3 is 2.89 bits per heavy atom. The van der Waals surface area contributed by atoms with E-state index in [-0.39, 0.29) is 11.3 Å². The first-order chi connectivity index (χ1) is 8.53. The highest BCUT2D eigenvalue weighted by Crippen LogP contribution is 2.31. The Labute approximate surface area is 112 Å². The second-order valence-electron chi connectivity index (χ2n) is 4.60. The van der Waals surface area contributed by atoms with E-state index >= 15 is 0 Å². The Balaban J connectivity index is 1.97. The van der Waals surface area contributed by atoms with Crippen LogP contribution in [0.4, 0.5) is 5.13 Å². The van der Waals surface area contributed by atoms with Crippen LogP contribution in [0.3, 0.4) is 0 Å². The van der Waals surface area contributed by atoms with Gasteiger partial charge in [0.15, 0.2) is 5.13 Å². The molecule has 2 rings (SSSR count). The van der Waals surface area contributed by atoms with Crippen molar-refractivity contribution < 1.29 is 8.42 Å². The van der Waals surface area contributed by atoms with Crippen molar-refractivity contribution in [3.05, 3.63) is 11.1 Å². The summed E-state index contributed by atoms with van der Waals surface area (Å²) in [5.41, 5.74) is 0.891. The first kappa shape index (κ1) is 13.8. The highest BCUT2D eigenvalue weighted by molar-refractivity contribution is 7.93. The van der Waals surface area contributed by atoms with Crippen LogP contribution in [0.15, 0.2) is 5.38 Å². The topological polar surface area (TPSA) is 71.1 Å². The lowest BCUT2D eigenvalue weighted by Gasteiger charge is -2.09. The summed E-state index contributed by atoms with van der Waals surface area (Å²) in [6.07, 6.45) is 2.60. The maximum Gasteiger partial charge on any atom is 0.237 e. The van der Waals surface area contributed by atoms with Crippen LogP contribution < -0.4 is 10.0 Å². The minimum Gasteiger partial charge on any atom is -0.309 e. The molecule has 0 bridgehead atoms. The summed E-state index contributed by atoms with van der Waals surface area (Å²) >= 11 is 1.34. The van der Waals surface area contributed by atoms with Gasteiger partial charge in [-0.15, -0.1) is 11.3 Å². The Hall–Kier alpha value is -0.660. The molecule has 1 aliphatic carbocycles. The molecule has 1 aliphatic rings. The molecule has 1 aromatic heterocycles. The average Bonchev–Trinajstić information content (AvgIpc) is 3.09. The van der Waals surface area contributed by atoms with Crippen LogP contribution in [0, 0.1) is 0 Å². The molecule has 1 heterocycles. The van der Waals surface area contributed by atoms with Crippen LogP contribution in [-0.4, -0.2) is 25.2 Å². The Kier molecular flexibility index (Phi) is 4.24. The highest BCUT2D eigenvalue weighted by Gasteiger charge is 2.36. The lowest BCUT2D eigenvalue weighted by molar-refractivity contribution is 0.561. The third kappa shape index (κ3) is 3.43. The van der Waals surface area contributed by atoms with E-state index in [2.05, 4.69) is 21.9 Å². The number of thiazole rings is 1. The molecule has 7 heteroatoms. The van der Waals surface area contributed by atoms with Crippen LogP contribution >= 0.6 is 11.3 Å². The molecule has 0 radical (unpaired) electrons. The van der Waals surface area contributed by atoms with Crippen molar-refractivity contribution in [3.8, 4) is 0 Å². The van der Waals surface area contributed by atoms with Crippen LogP contribution in [0.25, 0.3) is 0 Å². The predicted octanol–water partition coefficient (Wildman–Crippen LogP) is 2.11. The van der Waals surface area contributed by atoms with E-state index in [0.717, 1.165) is 31.5 Å². The van der Waals surface area contributed by atoms with Gasteiger partial charge in [0, 0.05) is 11.4 Å². The zero-order chi connectivity index (χ0) is 13.2. The van der Waals surface area contributed by atoms with Gasteiger partial charge in [0.1, 0.15) is 0 Å². The molecule has 1 unspecified atom stereocenters. The first-order valence-corrected chi connectivity index (χ1v) is 8.66. The monoisotopic (exact) mass is 289 g/mol. The lowest BCUT2D eigenvalue weighted by Crippen LogP contribution is -2.20. The van der Waals surface area contributed by atoms with Gasteiger partial charge in [-0.05, 0) is 32.7 Å². The summed E-state index contributed by atoms with van der Waals surface area (Å²) < 4.78 is 26.1. The van der Waals surface area contributed by atoms with Crippen molar-refractivity contribution in [3.63, 3.8) is 0 Å². The minimum atomic E-state index is -3.19. The molecule has 0 aliphatic heterocycles. The average molecular weight is 289 g/mol. The lowest BCUT2D eigenvalue weighted by atomic mass is 10.2. The number of hydrogen-bond acceptors (Lipinski definition) is 5. The number of hydrogen-bond donors (Lipinski definition) is 2. The summed E-state index contributed by atoms with van der Waals surface area (Å²) in [7, 11) is -3.19. The van der Waals surface area contributed by atoms with E-state index in [1.165, 1.54) is 11.3 Å². The van der Waals surface area contributed by atoms with Gasteiger partial charge < -0.3 is 5.32 Å². The van der Waals surface area contributed by atoms with Crippen LogP contribution in [0.2, 0.25) is 0 Å². The quantitative estimate of drug-likeness (QED) is 0.806. The van der Waals surface area contributed by atoms with Gasteiger partial charge in [0.25, 0.3) is 0 Å². The van der Waals surface area contributed by atoms with E-state index in [1.807, 2.05) is 12.3 Å². The number of sulfonamides is 1. The molecule has 1 saturated carbocycles. The van der Waals surface area contributed by atoms with Gasteiger partial charge >= 0.3 is 0 Å². The van der Waals surface area contributed by atoms with Crippen LogP contribution in [0.1, 0.15) is 44.8 Å². The molecule has 1 aromatic rings. The van der Waals surface area contributed by atoms with Crippen molar-refractivity contribution in [2.24, 2.45) is 0 Å². The largest absolute Gasteiger partial charge is 0.309 e. The van der Waals surface area contributed by atoms with E-state index in [9.17, 15) is 8.42 Å². The van der Waals surface area contributed by atoms with Gasteiger partial charge in [-0.1, -0.05) is 6.92 Å². The molecule has 0 amide bonds. The number of nitrogens with one attached hydrogen (secondary N) is 2. The molecule has 0 aromatic carbocycles. The zero-order valence-corrected chi connectivity index (χ0v) is 12.3. The van der Waals surface area contributed by atoms with Crippen LogP contribution in [0.5, 0.6) is 0 Å². The van der Waals surface area contributed by atoms with Crippen molar-refractivity contribution in [1.29, 1.82) is 0 Å². The second-order valence-corrected chi connectivity index (χ2v) is 7.42. The van der Waals surface area contributed by atoms with Crippen molar-refractivity contribution in [1.82, 2.24) is 10.3 Å². The van der Waals surface area contributed by atoms with Crippen molar-refractivity contribution in [2.75, 3.05) is 11.3 Å². The fourth-order valence-electron chi connectivity index (χ4n) is 1.58. The van der Waals surface area contributed by atoms with Gasteiger partial charge in [-0.3, -0.25) is 4.72 Å². The van der Waals surface area contributed by atoms with E-state index in [0.29, 0.717) is 5.13 Å². The zero-order valence-electron chi connectivity index (χ0n) is 10.6. The van der Waals surface area contributed by atoms with Crippen LogP contribution in [-0.2, 0) is 10.0 Å². The summed E-state index contributed by atoms with van der Waals surface area (Å²) in [4.78, 5) is 4.32. The maximum absolute atomic E-state index is 11.8. The van der Waals surface area contributed by atoms with Gasteiger partial charge in [0.2, 0.25) is 10.0 Å². The fraction of sp³-hybridized carbons (Fsp3) is 0.727. The number of nitrogens with zero attached hydrogens (tertiary/aromatic N) is 1. The van der Waals surface area contributed by atoms with E-state index in [4.69, 9.17) is 0 Å². The molecular formula is C11H19N3O2S2. The third-order valence-corrected chi connectivity index (χ3v) is 5.59. The fourth-order valence-corrected chi connectivity index (χ4v) is 3.98. The smallest absolute Gasteiger partial charge is 0.237 e. The molecule has 102 valence electrons. The molecule has 5 nitrogen and oxygen atoms in total. The summed E-state index contributed by atoms with van der Waals surface area (Å²) in [5, 5.41) is 5.49. The molecule has 0 spiro atoms. The summed E-state index contributed by atoms with van der Waals surface area (Å²) in [6, 6.07) is 0.153. The highest BCUT2D eigenvalue weighted by atomic mass is 32.2. The Bertz CT molecular complexity index is 494. The van der Waals surface area contributed by atoms with Gasteiger partial charge in [-0.2, -0.15) is 0 Å². The minimum absolute atomic E-state index is 0.153. The third-order valence-electron chi connectivity index (χ3n) is 2.86. The molecular weight excluding hydrogens is 270 g/mol. The van der Waals surface area contributed by atoms with E-state index in [1.54, 1.807) is 0 Å². The molecule has 2 N–H and O–H groups in total. The molecule has 0 saturated heterocycles. The number of anilines is 1. The molecule has 1 fully saturated rings. The number of rotatable bonds is 7. The Morgan fingerprint density at radius 2 is 2.28 bits per heavy atom. The van der Waals surface area contributed by atoms with Crippen molar-refractivity contribution in [2.45, 2.75) is 44.4 Å². The summed E-state index contributed by atoms with van der Waals surface area (Å²) in [5.74, 6) is 0. The molecule has 1 atom stereocenters. The summed E-state index contributed by atoms with van der Waals surface area (Å²) in [6.45, 7) is 5.07. The first-order valence-electron chi connectivity index (χ1n) is 6.23. The van der Waals surface area contributed by atoms with Gasteiger partial charge in [0.05, 0.1) is 10.9 Å². The second kappa shape index (κ2) is 5.54. The standard InChI is InChI=1S/C11H19N3O2S2/c1-3-6-12-8(2)10-7-17-11(13-10)14-18(15,16)9-4-5-9/h7-9,12H,3-6H2,1-2H3,(H,13,14). The molecule has 18 heavy (non-hydrogen) atoms. The SMILES string of the molecule is CCCNC(C)c1csc(NS(=O)(=O)C2CC2)n1.